The van der Waals surface area contributed by atoms with Gasteiger partial charge in [0.15, 0.2) is 0 Å². The molecule has 0 aliphatic carbocycles. The standard InChI is InChI=1S/C28H25ClN4O2/c1-4-19-10-12-20(13-11-19)25-24(27-31-26(32-35-27)21-8-6-5-7-9-21)18(3)33(28(34)30-25)22-14-15-23(29)17(2)16-22/h5-16,25H,4H2,1-3H3,(H,30,34). The summed E-state index contributed by atoms with van der Waals surface area (Å²) >= 11 is 6.24. The molecule has 35 heavy (non-hydrogen) atoms. The molecule has 0 bridgehead atoms. The van der Waals surface area contributed by atoms with Gasteiger partial charge in [-0.05, 0) is 55.2 Å². The third kappa shape index (κ3) is 4.33. The number of nitrogens with one attached hydrogen (secondary N) is 1. The zero-order chi connectivity index (χ0) is 24.5. The summed E-state index contributed by atoms with van der Waals surface area (Å²) in [5.41, 5.74) is 6.07. The van der Waals surface area contributed by atoms with Crippen molar-refractivity contribution in [1.82, 2.24) is 15.5 Å². The predicted octanol–water partition coefficient (Wildman–Crippen LogP) is 6.96. The summed E-state index contributed by atoms with van der Waals surface area (Å²) in [7, 11) is 0. The van der Waals surface area contributed by atoms with Crippen molar-refractivity contribution in [3.63, 3.8) is 0 Å². The van der Waals surface area contributed by atoms with Gasteiger partial charge in [-0.25, -0.2) is 4.79 Å². The second-order valence-corrected chi connectivity index (χ2v) is 8.94. The number of rotatable bonds is 5. The largest absolute Gasteiger partial charge is 0.334 e. The molecular weight excluding hydrogens is 460 g/mol. The first-order valence-electron chi connectivity index (χ1n) is 11.5. The van der Waals surface area contributed by atoms with Crippen molar-refractivity contribution in [3.05, 3.63) is 106 Å². The summed E-state index contributed by atoms with van der Waals surface area (Å²) in [5.74, 6) is 0.855. The fraction of sp³-hybridized carbons (Fsp3) is 0.179. The molecule has 176 valence electrons. The Balaban J connectivity index is 1.65. The van der Waals surface area contributed by atoms with Crippen molar-refractivity contribution in [2.24, 2.45) is 0 Å². The monoisotopic (exact) mass is 484 g/mol. The second-order valence-electron chi connectivity index (χ2n) is 8.53. The van der Waals surface area contributed by atoms with Crippen LogP contribution in [0.3, 0.4) is 0 Å². The molecule has 5 rings (SSSR count). The molecule has 0 fully saturated rings. The molecule has 0 spiro atoms. The maximum absolute atomic E-state index is 13.4. The minimum atomic E-state index is -0.442. The van der Waals surface area contributed by atoms with E-state index in [1.54, 1.807) is 11.0 Å². The van der Waals surface area contributed by atoms with Crippen molar-refractivity contribution < 1.29 is 9.32 Å². The van der Waals surface area contributed by atoms with E-state index in [-0.39, 0.29) is 6.03 Å². The highest BCUT2D eigenvalue weighted by molar-refractivity contribution is 6.31. The van der Waals surface area contributed by atoms with E-state index in [1.165, 1.54) is 5.56 Å². The minimum Gasteiger partial charge on any atom is -0.334 e. The van der Waals surface area contributed by atoms with Crippen LogP contribution in [0, 0.1) is 6.92 Å². The number of hydrogen-bond donors (Lipinski definition) is 1. The van der Waals surface area contributed by atoms with Crippen molar-refractivity contribution >= 4 is 28.9 Å². The van der Waals surface area contributed by atoms with E-state index in [0.717, 1.165) is 28.7 Å². The van der Waals surface area contributed by atoms with Crippen LogP contribution in [0.4, 0.5) is 10.5 Å². The number of carbonyl (C=O) groups is 1. The van der Waals surface area contributed by atoms with Crippen LogP contribution >= 0.6 is 11.6 Å². The maximum Gasteiger partial charge on any atom is 0.326 e. The van der Waals surface area contributed by atoms with Gasteiger partial charge in [-0.1, -0.05) is 78.3 Å². The van der Waals surface area contributed by atoms with E-state index in [1.807, 2.05) is 68.4 Å². The lowest BCUT2D eigenvalue weighted by molar-refractivity contribution is 0.244. The number of allylic oxidation sites excluding steroid dienone is 1. The molecule has 2 amide bonds. The van der Waals surface area contributed by atoms with E-state index in [0.29, 0.717) is 28.1 Å². The molecule has 0 radical (unpaired) electrons. The van der Waals surface area contributed by atoms with E-state index >= 15 is 0 Å². The third-order valence-corrected chi connectivity index (χ3v) is 6.72. The molecule has 7 heteroatoms. The van der Waals surface area contributed by atoms with Crippen LogP contribution in [0.2, 0.25) is 5.02 Å². The van der Waals surface area contributed by atoms with Gasteiger partial charge in [-0.15, -0.1) is 0 Å². The van der Waals surface area contributed by atoms with Crippen LogP contribution in [-0.2, 0) is 6.42 Å². The number of anilines is 1. The summed E-state index contributed by atoms with van der Waals surface area (Å²) in [6.07, 6.45) is 0.937. The molecule has 6 nitrogen and oxygen atoms in total. The van der Waals surface area contributed by atoms with Gasteiger partial charge >= 0.3 is 6.03 Å². The number of benzene rings is 3. The average molecular weight is 485 g/mol. The number of amides is 2. The Kier molecular flexibility index (Phi) is 6.14. The second kappa shape index (κ2) is 9.39. The van der Waals surface area contributed by atoms with Gasteiger partial charge in [-0.3, -0.25) is 4.90 Å². The first kappa shape index (κ1) is 22.9. The summed E-state index contributed by atoms with van der Waals surface area (Å²) in [6, 6.07) is 22.7. The quantitative estimate of drug-likeness (QED) is 0.332. The first-order chi connectivity index (χ1) is 17.0. The van der Waals surface area contributed by atoms with Gasteiger partial charge in [0.05, 0.1) is 17.3 Å². The maximum atomic E-state index is 13.4. The fourth-order valence-corrected chi connectivity index (χ4v) is 4.45. The normalized spacial score (nSPS) is 15.9. The Hall–Kier alpha value is -3.90. The molecule has 2 heterocycles. The lowest BCUT2D eigenvalue weighted by Gasteiger charge is -2.35. The SMILES string of the molecule is CCc1ccc(C2NC(=O)N(c3ccc(Cl)c(C)c3)C(C)=C2c2nc(-c3ccccc3)no2)cc1. The molecule has 1 aliphatic heterocycles. The summed E-state index contributed by atoms with van der Waals surface area (Å²) in [5, 5.41) is 8.02. The van der Waals surface area contributed by atoms with Crippen LogP contribution in [0.1, 0.15) is 42.5 Å². The van der Waals surface area contributed by atoms with Crippen LogP contribution in [-0.4, -0.2) is 16.2 Å². The van der Waals surface area contributed by atoms with Gasteiger partial charge in [0, 0.05) is 16.3 Å². The van der Waals surface area contributed by atoms with E-state index < -0.39 is 6.04 Å². The van der Waals surface area contributed by atoms with Crippen molar-refractivity contribution in [3.8, 4) is 11.4 Å². The molecule has 1 atom stereocenters. The van der Waals surface area contributed by atoms with Crippen LogP contribution in [0.5, 0.6) is 0 Å². The van der Waals surface area contributed by atoms with Gasteiger partial charge in [-0.2, -0.15) is 4.98 Å². The van der Waals surface area contributed by atoms with Gasteiger partial charge in [0.25, 0.3) is 5.89 Å². The molecule has 0 saturated carbocycles. The Morgan fingerprint density at radius 1 is 1.03 bits per heavy atom. The summed E-state index contributed by atoms with van der Waals surface area (Å²) in [6.45, 7) is 5.93. The van der Waals surface area contributed by atoms with Crippen molar-refractivity contribution in [2.75, 3.05) is 4.90 Å². The van der Waals surface area contributed by atoms with Crippen molar-refractivity contribution in [1.29, 1.82) is 0 Å². The Morgan fingerprint density at radius 2 is 1.77 bits per heavy atom. The first-order valence-corrected chi connectivity index (χ1v) is 11.9. The number of aryl methyl sites for hydroxylation is 2. The van der Waals surface area contributed by atoms with Crippen LogP contribution in [0.25, 0.3) is 17.0 Å². The molecule has 4 aromatic rings. The topological polar surface area (TPSA) is 71.3 Å². The van der Waals surface area contributed by atoms with Crippen LogP contribution < -0.4 is 10.2 Å². The Bertz CT molecular complexity index is 1410. The minimum absolute atomic E-state index is 0.236. The molecule has 1 unspecified atom stereocenters. The number of halogens is 1. The van der Waals surface area contributed by atoms with E-state index in [9.17, 15) is 4.79 Å². The lowest BCUT2D eigenvalue weighted by atomic mass is 9.93. The Morgan fingerprint density at radius 3 is 2.46 bits per heavy atom. The highest BCUT2D eigenvalue weighted by Gasteiger charge is 2.36. The van der Waals surface area contributed by atoms with E-state index in [4.69, 9.17) is 21.1 Å². The highest BCUT2D eigenvalue weighted by atomic mass is 35.5. The average Bonchev–Trinajstić information content (AvgIpc) is 3.36. The summed E-state index contributed by atoms with van der Waals surface area (Å²) in [4.78, 5) is 19.7. The number of nitrogens with zero attached hydrogens (tertiary/aromatic N) is 3. The fourth-order valence-electron chi connectivity index (χ4n) is 4.33. The van der Waals surface area contributed by atoms with Crippen molar-refractivity contribution in [2.45, 2.75) is 33.2 Å². The number of aromatic nitrogens is 2. The number of hydrogen-bond acceptors (Lipinski definition) is 4. The van der Waals surface area contributed by atoms with Gasteiger partial charge in [0.1, 0.15) is 0 Å². The molecule has 1 N–H and O–H groups in total. The van der Waals surface area contributed by atoms with E-state index in [2.05, 4.69) is 29.5 Å². The zero-order valence-electron chi connectivity index (χ0n) is 19.7. The van der Waals surface area contributed by atoms with Crippen LogP contribution in [0.15, 0.2) is 83.0 Å². The van der Waals surface area contributed by atoms with Gasteiger partial charge in [0.2, 0.25) is 5.82 Å². The lowest BCUT2D eigenvalue weighted by Crippen LogP contribution is -2.46. The summed E-state index contributed by atoms with van der Waals surface area (Å²) < 4.78 is 5.77. The zero-order valence-corrected chi connectivity index (χ0v) is 20.5. The number of urea groups is 1. The molecule has 1 aromatic heterocycles. The third-order valence-electron chi connectivity index (χ3n) is 6.29. The molecule has 1 aliphatic rings. The molecule has 0 saturated heterocycles. The Labute approximate surface area is 209 Å². The molecular formula is C28H25ClN4O2. The predicted molar refractivity (Wildman–Crippen MR) is 138 cm³/mol. The molecule has 3 aromatic carbocycles. The highest BCUT2D eigenvalue weighted by Crippen LogP contribution is 2.39. The smallest absolute Gasteiger partial charge is 0.326 e. The number of carbonyl (C=O) groups excluding carboxylic acids is 1. The van der Waals surface area contributed by atoms with Gasteiger partial charge < -0.3 is 9.84 Å².